The van der Waals surface area contributed by atoms with Crippen molar-refractivity contribution in [2.24, 2.45) is 0 Å². The van der Waals surface area contributed by atoms with Crippen LogP contribution in [0.15, 0.2) is 6.07 Å². The van der Waals surface area contributed by atoms with Gasteiger partial charge in [0.15, 0.2) is 5.82 Å². The topological polar surface area (TPSA) is 90.0 Å². The van der Waals surface area contributed by atoms with Crippen LogP contribution in [0.1, 0.15) is 36.4 Å². The summed E-state index contributed by atoms with van der Waals surface area (Å²) in [6.45, 7) is 4.96. The molecule has 24 heavy (non-hydrogen) atoms. The maximum atomic E-state index is 12.3. The van der Waals surface area contributed by atoms with Crippen LogP contribution in [0.4, 0.5) is 15.7 Å². The summed E-state index contributed by atoms with van der Waals surface area (Å²) in [5.74, 6) is 1.67. The maximum absolute atomic E-state index is 12.3. The fraction of sp³-hybridized carbons (Fsp3) is 0.600. The van der Waals surface area contributed by atoms with Crippen LogP contribution in [0, 0.1) is 0 Å². The second-order valence-electron chi connectivity index (χ2n) is 6.21. The largest absolute Gasteiger partial charge is 0.352 e. The van der Waals surface area contributed by atoms with Crippen LogP contribution in [0.2, 0.25) is 0 Å². The van der Waals surface area contributed by atoms with Gasteiger partial charge in [-0.1, -0.05) is 18.3 Å². The van der Waals surface area contributed by atoms with Gasteiger partial charge in [0.2, 0.25) is 5.13 Å². The Bertz CT molecular complexity index is 715. The first-order valence-electron chi connectivity index (χ1n) is 8.41. The van der Waals surface area contributed by atoms with Crippen LogP contribution in [0.25, 0.3) is 0 Å². The zero-order chi connectivity index (χ0) is 16.5. The summed E-state index contributed by atoms with van der Waals surface area (Å²) in [5, 5.41) is 19.9. The van der Waals surface area contributed by atoms with Crippen molar-refractivity contribution in [1.82, 2.24) is 25.3 Å². The lowest BCUT2D eigenvalue weighted by atomic mass is 10.3. The Kier molecular flexibility index (Phi) is 4.09. The number of anilines is 2. The average Bonchev–Trinajstić information content (AvgIpc) is 3.17. The summed E-state index contributed by atoms with van der Waals surface area (Å²) in [5.41, 5.74) is 1.24. The molecule has 0 atom stereocenters. The second kappa shape index (κ2) is 6.39. The summed E-state index contributed by atoms with van der Waals surface area (Å²) >= 11 is 1.43. The van der Waals surface area contributed by atoms with E-state index in [0.717, 1.165) is 30.3 Å². The van der Waals surface area contributed by atoms with Gasteiger partial charge in [-0.2, -0.15) is 5.10 Å². The molecule has 9 heteroatoms. The number of aromatic amines is 1. The molecule has 2 aromatic heterocycles. The van der Waals surface area contributed by atoms with Crippen LogP contribution in [0.3, 0.4) is 0 Å². The number of aryl methyl sites for hydroxylation is 1. The molecule has 1 saturated heterocycles. The number of nitrogens with zero attached hydrogens (tertiary/aromatic N) is 5. The summed E-state index contributed by atoms with van der Waals surface area (Å²) in [7, 11) is 0. The number of carbonyl (C=O) groups excluding carboxylic acids is 1. The molecule has 0 spiro atoms. The van der Waals surface area contributed by atoms with Crippen molar-refractivity contribution in [3.05, 3.63) is 16.8 Å². The van der Waals surface area contributed by atoms with Crippen molar-refractivity contribution in [2.75, 3.05) is 36.4 Å². The number of nitrogens with one attached hydrogen (secondary N) is 2. The number of H-pyrrole nitrogens is 1. The highest BCUT2D eigenvalue weighted by atomic mass is 32.1. The first-order valence-corrected chi connectivity index (χ1v) is 9.23. The van der Waals surface area contributed by atoms with E-state index in [-0.39, 0.29) is 6.03 Å². The third-order valence-electron chi connectivity index (χ3n) is 4.48. The Morgan fingerprint density at radius 2 is 2.12 bits per heavy atom. The molecular formula is C15H21N7OS. The summed E-state index contributed by atoms with van der Waals surface area (Å²) in [6, 6.07) is 2.05. The van der Waals surface area contributed by atoms with Gasteiger partial charge in [0, 0.05) is 43.9 Å². The number of hydrogen-bond donors (Lipinski definition) is 2. The highest BCUT2D eigenvalue weighted by molar-refractivity contribution is 7.15. The number of carbonyl (C=O) groups is 1. The third-order valence-corrected chi connectivity index (χ3v) is 5.46. The van der Waals surface area contributed by atoms with E-state index >= 15 is 0 Å². The second-order valence-corrected chi connectivity index (χ2v) is 7.28. The van der Waals surface area contributed by atoms with Gasteiger partial charge >= 0.3 is 6.03 Å². The van der Waals surface area contributed by atoms with Gasteiger partial charge in [0.25, 0.3) is 0 Å². The molecule has 0 radical (unpaired) electrons. The first-order chi connectivity index (χ1) is 11.7. The third kappa shape index (κ3) is 3.21. The normalized spacial score (nSPS) is 18.0. The highest BCUT2D eigenvalue weighted by Gasteiger charge is 2.28. The molecule has 128 valence electrons. The molecule has 1 saturated carbocycles. The highest BCUT2D eigenvalue weighted by Crippen LogP contribution is 2.39. The van der Waals surface area contributed by atoms with E-state index in [1.807, 2.05) is 11.8 Å². The van der Waals surface area contributed by atoms with E-state index in [4.69, 9.17) is 0 Å². The average molecular weight is 347 g/mol. The van der Waals surface area contributed by atoms with Crippen molar-refractivity contribution in [2.45, 2.75) is 32.1 Å². The Morgan fingerprint density at radius 3 is 2.79 bits per heavy atom. The first kappa shape index (κ1) is 15.4. The molecule has 2 amide bonds. The summed E-state index contributed by atoms with van der Waals surface area (Å²) in [4.78, 5) is 16.4. The lowest BCUT2D eigenvalue weighted by Gasteiger charge is -2.34. The Balaban J connectivity index is 1.30. The molecule has 2 aromatic rings. The Labute approximate surface area is 144 Å². The molecular weight excluding hydrogens is 326 g/mol. The fourth-order valence-corrected chi connectivity index (χ4v) is 3.52. The number of amides is 2. The van der Waals surface area contributed by atoms with Crippen LogP contribution < -0.4 is 10.2 Å². The van der Waals surface area contributed by atoms with Gasteiger partial charge in [-0.05, 0) is 19.3 Å². The number of hydrogen-bond acceptors (Lipinski definition) is 6. The van der Waals surface area contributed by atoms with E-state index in [9.17, 15) is 4.79 Å². The number of rotatable bonds is 4. The van der Waals surface area contributed by atoms with Crippen molar-refractivity contribution in [3.8, 4) is 0 Å². The molecule has 3 heterocycles. The van der Waals surface area contributed by atoms with Crippen molar-refractivity contribution >= 4 is 28.3 Å². The van der Waals surface area contributed by atoms with Gasteiger partial charge in [0.05, 0.1) is 0 Å². The molecule has 4 rings (SSSR count). The molecule has 2 aliphatic rings. The minimum atomic E-state index is -0.103. The number of aromatic nitrogens is 4. The quantitative estimate of drug-likeness (QED) is 0.883. The number of piperazine rings is 1. The van der Waals surface area contributed by atoms with E-state index in [0.29, 0.717) is 24.1 Å². The van der Waals surface area contributed by atoms with Gasteiger partial charge in [-0.3, -0.25) is 10.4 Å². The van der Waals surface area contributed by atoms with E-state index in [1.54, 1.807) is 0 Å². The smallest absolute Gasteiger partial charge is 0.323 e. The van der Waals surface area contributed by atoms with Gasteiger partial charge in [0.1, 0.15) is 5.01 Å². The van der Waals surface area contributed by atoms with E-state index < -0.39 is 0 Å². The predicted molar refractivity (Wildman–Crippen MR) is 92.7 cm³/mol. The maximum Gasteiger partial charge on any atom is 0.323 e. The zero-order valence-corrected chi connectivity index (χ0v) is 14.5. The summed E-state index contributed by atoms with van der Waals surface area (Å²) in [6.07, 6.45) is 3.36. The fourth-order valence-electron chi connectivity index (χ4n) is 2.85. The van der Waals surface area contributed by atoms with Crippen LogP contribution in [-0.2, 0) is 6.42 Å². The minimum Gasteiger partial charge on any atom is -0.352 e. The van der Waals surface area contributed by atoms with Gasteiger partial charge in [-0.15, -0.1) is 10.2 Å². The van der Waals surface area contributed by atoms with Gasteiger partial charge in [-0.25, -0.2) is 4.79 Å². The molecule has 1 aliphatic carbocycles. The number of urea groups is 1. The Hall–Kier alpha value is -2.16. The predicted octanol–water partition coefficient (Wildman–Crippen LogP) is 2.06. The molecule has 0 unspecified atom stereocenters. The van der Waals surface area contributed by atoms with Crippen LogP contribution >= 0.6 is 11.3 Å². The SMILES string of the molecule is CCc1nnc(NC(=O)N2CCN(c3cc(C4CC4)[nH]n3)CC2)s1. The lowest BCUT2D eigenvalue weighted by Crippen LogP contribution is -2.50. The van der Waals surface area contributed by atoms with Crippen molar-refractivity contribution in [1.29, 1.82) is 0 Å². The molecule has 0 aromatic carbocycles. The minimum absolute atomic E-state index is 0.103. The Morgan fingerprint density at radius 1 is 1.33 bits per heavy atom. The lowest BCUT2D eigenvalue weighted by molar-refractivity contribution is 0.208. The van der Waals surface area contributed by atoms with E-state index in [1.165, 1.54) is 29.9 Å². The standard InChI is InChI=1S/C15H21N7OS/c1-2-13-19-20-14(24-13)16-15(23)22-7-5-21(6-8-22)12-9-11(17-18-12)10-3-4-10/h9-10H,2-8H2,1H3,(H,17,18)(H,16,20,23). The van der Waals surface area contributed by atoms with Gasteiger partial charge < -0.3 is 9.80 Å². The monoisotopic (exact) mass is 347 g/mol. The molecule has 2 fully saturated rings. The molecule has 8 nitrogen and oxygen atoms in total. The van der Waals surface area contributed by atoms with Crippen molar-refractivity contribution < 1.29 is 4.79 Å². The summed E-state index contributed by atoms with van der Waals surface area (Å²) < 4.78 is 0. The molecule has 2 N–H and O–H groups in total. The van der Waals surface area contributed by atoms with E-state index in [2.05, 4.69) is 36.7 Å². The molecule has 0 bridgehead atoms. The van der Waals surface area contributed by atoms with Crippen LogP contribution in [-0.4, -0.2) is 57.5 Å². The van der Waals surface area contributed by atoms with Crippen LogP contribution in [0.5, 0.6) is 0 Å². The zero-order valence-electron chi connectivity index (χ0n) is 13.7. The van der Waals surface area contributed by atoms with Crippen molar-refractivity contribution in [3.63, 3.8) is 0 Å². The molecule has 1 aliphatic heterocycles.